The summed E-state index contributed by atoms with van der Waals surface area (Å²) in [5.74, 6) is 7.44. The van der Waals surface area contributed by atoms with Crippen molar-refractivity contribution in [3.05, 3.63) is 179 Å². The van der Waals surface area contributed by atoms with E-state index in [2.05, 4.69) is 139 Å². The Hall–Kier alpha value is -12.4. The minimum Gasteiger partial charge on any atom is -0.377 e. The zero-order valence-electron chi connectivity index (χ0n) is 83.5. The first-order valence-corrected chi connectivity index (χ1v) is 58.2. The van der Waals surface area contributed by atoms with E-state index in [4.69, 9.17) is 59.3 Å². The number of allylic oxidation sites excluding steroid dienone is 1. The molecule has 0 spiro atoms. The number of amides is 2. The van der Waals surface area contributed by atoms with E-state index in [1.807, 2.05) is 122 Å². The van der Waals surface area contributed by atoms with Crippen LogP contribution in [0.25, 0.3) is 74.3 Å². The van der Waals surface area contributed by atoms with Crippen LogP contribution in [0.15, 0.2) is 162 Å². The van der Waals surface area contributed by atoms with Crippen molar-refractivity contribution in [3.8, 4) is 51.6 Å². The minimum atomic E-state index is -2.41. The fraction of sp³-hybridized carbons (Fsp3) is 0.439. The molecule has 5 saturated heterocycles. The van der Waals surface area contributed by atoms with Crippen molar-refractivity contribution in [2.45, 2.75) is 117 Å². The first-order valence-electron chi connectivity index (χ1n) is 46.9. The number of aryl methyl sites for hydroxylation is 3. The standard InChI is InChI=1S/C21H25N5O2S.C20H28N6O3S.C19H24N6O2S.C19H25N5O3S.C19H23N5O2S/c1-14-13-28-11-10-26(14)20-12-19(25-29(2,27)15-6-7-15)23-21(24-20)17-8-9-22-18-5-3-4-16(17)18;1-6-21-20(27)16-10-15(9-13(2)22-16)19-23-17(25-30(4,5)28)11-18(24-19)26-7-8-29-12-14(26)3;1-13-12-27-10-9-24(13)17-11-15(23-28(3,4)26)21-19(22-17)18-14(2)20-16-7-5-6-8-25(16)18;1-12-7-14(18(20)25)9-15(8-12)19-21-16(23-28(3,4)26)10-17(22-19)24-5-6-27-11-13(24)2;1-14-13-26-11-10-23(14)18-12-17(22-27(2,3)25)20-19(21-18)24-9-8-15-6-4-5-7-16(15)24/h3-4,8-9,12,14-15H,5-7,10-11,13H2,1-2H3;9-11,14H,6-8,12H2,1-5H3,(H,21,27);5-8,11,13H,9-10,12H2,1-4H3;7-10,13H,5-6,11H2,1-4H3,(H2,20,25);4-9,12,14H,10-11,13H2,1-3H3/t14-,29+;14-;2*13-;14-/m11111/s1. The highest BCUT2D eigenvalue weighted by atomic mass is 32.2. The average Bonchev–Trinajstić information content (AvgIpc) is 1.65. The average molecular weight is 2030 g/mol. The second-order valence-corrected chi connectivity index (χ2v) is 49.8. The lowest BCUT2D eigenvalue weighted by Crippen LogP contribution is -2.44. The van der Waals surface area contributed by atoms with Crippen LogP contribution in [0.1, 0.15) is 103 Å². The monoisotopic (exact) mass is 2030 g/mol. The Labute approximate surface area is 830 Å². The number of nitrogens with two attached hydrogens (primary N) is 1. The van der Waals surface area contributed by atoms with Crippen LogP contribution in [0.3, 0.4) is 0 Å². The van der Waals surface area contributed by atoms with Gasteiger partial charge in [0.1, 0.15) is 46.1 Å². The summed E-state index contributed by atoms with van der Waals surface area (Å²) in [6.07, 6.45) is 27.1. The van der Waals surface area contributed by atoms with Gasteiger partial charge in [-0.1, -0.05) is 36.4 Å². The molecule has 2 amide bonds. The number of para-hydroxylation sites is 1. The van der Waals surface area contributed by atoms with Crippen LogP contribution < -0.4 is 35.6 Å². The number of aromatic nitrogens is 15. The highest BCUT2D eigenvalue weighted by Gasteiger charge is 2.34. The Morgan fingerprint density at radius 3 is 1.39 bits per heavy atom. The quantitative estimate of drug-likeness (QED) is 0.0759. The van der Waals surface area contributed by atoms with Crippen LogP contribution in [0.4, 0.5) is 58.2 Å². The number of carbonyl (C=O) groups is 2. The molecule has 15 heterocycles. The zero-order valence-corrected chi connectivity index (χ0v) is 87.5. The third-order valence-electron chi connectivity index (χ3n) is 23.5. The number of rotatable bonds is 19. The van der Waals surface area contributed by atoms with Gasteiger partial charge in [0.25, 0.3) is 5.91 Å². The number of pyridine rings is 3. The predicted octanol–water partition coefficient (Wildman–Crippen LogP) is 13.2. The second-order valence-electron chi connectivity index (χ2n) is 37.1. The first kappa shape index (κ1) is 104. The SMILES string of the molecule is CCNC(=O)c1cc(-c2nc(N=S(C)(C)=O)cc(N3CCOC[C@H]3C)n2)cc(C)n1.C[C@@H]1COCCN1c1cc(N=S(C)(C)=O)nc(-n2ccc3ccccc32)n1.C[C@@H]1COCCN1c1cc(N=[S@@](C)(=O)C2CC2)nc(-c2ccnc3c2C=CC3)n1.Cc1cc(C(N)=O)cc(-c2nc(N=S(C)(C)=O)cc(N3CCOC[C@H]3C)n2)c1.Cc1nc2ccccn2c1-c1nc(N=S(C)(C)=O)cc(N2CCOC[C@H]2C)n1. The molecule has 39 nitrogen and oxygen atoms in total. The number of imidazole rings is 1. The van der Waals surface area contributed by atoms with Crippen molar-refractivity contribution in [2.75, 3.05) is 186 Å². The molecule has 754 valence electrons. The van der Waals surface area contributed by atoms with Gasteiger partial charge in [-0.15, -0.1) is 0 Å². The second kappa shape index (κ2) is 44.6. The number of primary amides is 1. The maximum atomic E-state index is 13.0. The van der Waals surface area contributed by atoms with Gasteiger partial charge in [-0.05, 0) is 141 Å². The fourth-order valence-corrected chi connectivity index (χ4v) is 20.7. The summed E-state index contributed by atoms with van der Waals surface area (Å²) < 4.78 is 116. The summed E-state index contributed by atoms with van der Waals surface area (Å²) in [6, 6.07) is 36.5. The molecule has 2 aromatic carbocycles. The number of nitrogens with zero attached hydrogens (tertiary/aromatic N) is 25. The number of nitrogens with one attached hydrogen (secondary N) is 1. The molecule has 5 aliphatic heterocycles. The third-order valence-corrected chi connectivity index (χ3v) is 28.3. The molecule has 0 radical (unpaired) electrons. The molecular formula is C98H125N27O12S5. The van der Waals surface area contributed by atoms with Crippen molar-refractivity contribution in [2.24, 2.45) is 27.5 Å². The van der Waals surface area contributed by atoms with Crippen molar-refractivity contribution < 1.29 is 54.3 Å². The van der Waals surface area contributed by atoms with Crippen molar-refractivity contribution >= 4 is 141 Å². The molecule has 12 aromatic rings. The Kier molecular flexibility index (Phi) is 32.7. The topological polar surface area (TPSA) is 459 Å². The molecule has 6 atom stereocenters. The summed E-state index contributed by atoms with van der Waals surface area (Å²) >= 11 is 0. The van der Waals surface area contributed by atoms with Crippen molar-refractivity contribution in [1.29, 1.82) is 0 Å². The summed E-state index contributed by atoms with van der Waals surface area (Å²) in [5.41, 5.74) is 15.5. The Balaban J connectivity index is 0.000000134. The van der Waals surface area contributed by atoms with Crippen LogP contribution in [0, 0.1) is 20.8 Å². The molecule has 142 heavy (non-hydrogen) atoms. The zero-order chi connectivity index (χ0) is 101. The Bertz CT molecular complexity index is 7420. The van der Waals surface area contributed by atoms with Crippen LogP contribution in [-0.4, -0.2) is 304 Å². The van der Waals surface area contributed by atoms with Crippen molar-refractivity contribution in [3.63, 3.8) is 0 Å². The van der Waals surface area contributed by atoms with Gasteiger partial charge in [0.15, 0.2) is 52.4 Å². The summed E-state index contributed by atoms with van der Waals surface area (Å²) in [4.78, 5) is 95.1. The van der Waals surface area contributed by atoms with Gasteiger partial charge >= 0.3 is 0 Å². The number of carbonyl (C=O) groups excluding carboxylic acids is 2. The van der Waals surface area contributed by atoms with Gasteiger partial charge in [0.05, 0.1) is 123 Å². The van der Waals surface area contributed by atoms with Crippen molar-refractivity contribution in [1.82, 2.24) is 79.1 Å². The van der Waals surface area contributed by atoms with E-state index in [1.54, 1.807) is 98.9 Å². The predicted molar refractivity (Wildman–Crippen MR) is 562 cm³/mol. The lowest BCUT2D eigenvalue weighted by molar-refractivity contribution is 0.0949. The molecule has 10 aromatic heterocycles. The molecule has 3 N–H and O–H groups in total. The number of benzene rings is 2. The van der Waals surface area contributed by atoms with E-state index >= 15 is 0 Å². The number of morpholine rings is 5. The molecular weight excluding hydrogens is 1910 g/mol. The van der Waals surface area contributed by atoms with Gasteiger partial charge in [-0.3, -0.25) is 23.5 Å². The number of ether oxygens (including phenoxy) is 5. The number of anilines is 5. The molecule has 44 heteroatoms. The molecule has 1 saturated carbocycles. The van der Waals surface area contributed by atoms with Gasteiger partial charge in [0, 0.05) is 234 Å². The van der Waals surface area contributed by atoms with Crippen LogP contribution in [-0.2, 0) is 78.8 Å². The maximum Gasteiger partial charge on any atom is 0.269 e. The highest BCUT2D eigenvalue weighted by Crippen LogP contribution is 2.38. The normalized spacial score (nSPS) is 18.7. The number of hydrogen-bond donors (Lipinski definition) is 2. The van der Waals surface area contributed by atoms with E-state index in [0.29, 0.717) is 184 Å². The van der Waals surface area contributed by atoms with Gasteiger partial charge in [0.2, 0.25) is 11.9 Å². The lowest BCUT2D eigenvalue weighted by Gasteiger charge is -2.34. The summed E-state index contributed by atoms with van der Waals surface area (Å²) in [7, 11) is -11.8. The maximum absolute atomic E-state index is 13.0. The molecule has 19 rings (SSSR count). The van der Waals surface area contributed by atoms with E-state index in [9.17, 15) is 30.6 Å². The van der Waals surface area contributed by atoms with Gasteiger partial charge in [-0.2, -0.15) is 31.8 Å². The molecule has 0 bridgehead atoms. The number of hydrogen-bond acceptors (Lipinski definition) is 35. The van der Waals surface area contributed by atoms with E-state index < -0.39 is 54.6 Å². The minimum absolute atomic E-state index is 0.132. The van der Waals surface area contributed by atoms with Gasteiger partial charge < -0.3 is 59.2 Å². The van der Waals surface area contributed by atoms with Crippen LogP contribution in [0.5, 0.6) is 0 Å². The van der Waals surface area contributed by atoms with E-state index in [1.165, 1.54) is 0 Å². The molecule has 6 fully saturated rings. The lowest BCUT2D eigenvalue weighted by atomic mass is 10.1. The number of fused-ring (bicyclic) bond motifs is 3. The van der Waals surface area contributed by atoms with Crippen LogP contribution in [0.2, 0.25) is 0 Å². The molecule has 7 aliphatic rings. The van der Waals surface area contributed by atoms with E-state index in [0.717, 1.165) is 107 Å². The third kappa shape index (κ3) is 27.1. The Morgan fingerprint density at radius 1 is 0.465 bits per heavy atom. The smallest absolute Gasteiger partial charge is 0.269 e. The van der Waals surface area contributed by atoms with E-state index in [-0.39, 0.29) is 41.4 Å². The summed E-state index contributed by atoms with van der Waals surface area (Å²) in [5, 5.41) is 4.05. The van der Waals surface area contributed by atoms with Crippen LogP contribution >= 0.6 is 0 Å². The first-order chi connectivity index (χ1) is 67.5. The molecule has 0 unspecified atom stereocenters. The summed E-state index contributed by atoms with van der Waals surface area (Å²) in [6.45, 7) is 28.3. The Morgan fingerprint density at radius 2 is 0.908 bits per heavy atom. The molecule has 2 aliphatic carbocycles. The highest BCUT2D eigenvalue weighted by molar-refractivity contribution is 7.94. The fourth-order valence-electron chi connectivity index (χ4n) is 16.9. The largest absolute Gasteiger partial charge is 0.377 e. The van der Waals surface area contributed by atoms with Gasteiger partial charge in [-0.25, -0.2) is 70.9 Å².